The fraction of sp³-hybridized carbons (Fsp3) is 0.136. The fourth-order valence-electron chi connectivity index (χ4n) is 2.65. The van der Waals surface area contributed by atoms with E-state index >= 15 is 0 Å². The topological polar surface area (TPSA) is 17.1 Å². The molecule has 2 heteroatoms. The minimum atomic E-state index is 0.122. The van der Waals surface area contributed by atoms with Crippen molar-refractivity contribution >= 4 is 23.0 Å². The number of hydrogen-bond acceptors (Lipinski definition) is 1. The highest BCUT2D eigenvalue weighted by atomic mass is 35.5. The maximum Gasteiger partial charge on any atom is 0.141 e. The summed E-state index contributed by atoms with van der Waals surface area (Å²) in [5.41, 5.74) is 4.09. The first-order chi connectivity index (χ1) is 11.6. The van der Waals surface area contributed by atoms with Crippen LogP contribution in [0.5, 0.6) is 0 Å². The largest absolute Gasteiger partial charge is 0.299 e. The third-order valence-electron chi connectivity index (χ3n) is 3.81. The second-order valence-corrected chi connectivity index (χ2v) is 6.06. The summed E-state index contributed by atoms with van der Waals surface area (Å²) < 4.78 is 0. The predicted octanol–water partition coefficient (Wildman–Crippen LogP) is 6.17. The second-order valence-electron chi connectivity index (χ2n) is 5.60. The smallest absolute Gasteiger partial charge is 0.141 e. The molecule has 1 aromatic carbocycles. The van der Waals surface area contributed by atoms with Crippen LogP contribution < -0.4 is 0 Å². The zero-order chi connectivity index (χ0) is 17.4. The Morgan fingerprint density at radius 1 is 1.21 bits per heavy atom. The van der Waals surface area contributed by atoms with E-state index in [0.29, 0.717) is 11.5 Å². The molecule has 0 N–H and O–H groups in total. The van der Waals surface area contributed by atoms with Crippen molar-refractivity contribution in [2.45, 2.75) is 19.3 Å². The van der Waals surface area contributed by atoms with Gasteiger partial charge in [0.25, 0.3) is 0 Å². The van der Waals surface area contributed by atoms with Crippen molar-refractivity contribution in [1.29, 1.82) is 0 Å². The monoisotopic (exact) mass is 336 g/mol. The van der Waals surface area contributed by atoms with Crippen LogP contribution in [0.2, 0.25) is 0 Å². The van der Waals surface area contributed by atoms with Gasteiger partial charge in [-0.05, 0) is 23.1 Å². The molecule has 0 spiro atoms. The Morgan fingerprint density at radius 2 is 1.96 bits per heavy atom. The normalized spacial score (nSPS) is 14.5. The fourth-order valence-corrected chi connectivity index (χ4v) is 2.78. The Kier molecular flexibility index (Phi) is 6.77. The molecule has 0 amide bonds. The molecule has 1 aliphatic rings. The molecule has 0 saturated carbocycles. The molecule has 1 nitrogen and oxygen atoms in total. The highest BCUT2D eigenvalue weighted by Crippen LogP contribution is 2.28. The van der Waals surface area contributed by atoms with Gasteiger partial charge in [0.15, 0.2) is 0 Å². The first kappa shape index (κ1) is 18.0. The van der Waals surface area contributed by atoms with E-state index in [1.165, 1.54) is 0 Å². The second kappa shape index (κ2) is 9.05. The molecule has 0 aromatic heterocycles. The SMILES string of the molecule is C=C/C=C(/CC(=O)CC1=C(c2ccccc2)C=CC=CC1)C(=C)Cl. The van der Waals surface area contributed by atoms with E-state index in [1.807, 2.05) is 30.4 Å². The van der Waals surface area contributed by atoms with Crippen LogP contribution in [-0.4, -0.2) is 5.78 Å². The third kappa shape index (κ3) is 5.07. The van der Waals surface area contributed by atoms with Gasteiger partial charge in [-0.15, -0.1) is 0 Å². The van der Waals surface area contributed by atoms with Crippen molar-refractivity contribution in [3.63, 3.8) is 0 Å². The average Bonchev–Trinajstić information content (AvgIpc) is 2.80. The lowest BCUT2D eigenvalue weighted by Gasteiger charge is -2.12. The molecule has 0 atom stereocenters. The van der Waals surface area contributed by atoms with Crippen molar-refractivity contribution in [2.24, 2.45) is 0 Å². The number of Topliss-reactive ketones (excluding diaryl/α,β-unsaturated/α-hetero) is 1. The molecule has 0 heterocycles. The lowest BCUT2D eigenvalue weighted by atomic mass is 9.93. The summed E-state index contributed by atoms with van der Waals surface area (Å²) >= 11 is 5.96. The molecular weight excluding hydrogens is 316 g/mol. The first-order valence-corrected chi connectivity index (χ1v) is 8.28. The molecule has 122 valence electrons. The molecule has 24 heavy (non-hydrogen) atoms. The number of carbonyl (C=O) groups is 1. The van der Waals surface area contributed by atoms with Crippen LogP contribution >= 0.6 is 11.6 Å². The van der Waals surface area contributed by atoms with Crippen LogP contribution in [0.15, 0.2) is 96.1 Å². The highest BCUT2D eigenvalue weighted by Gasteiger charge is 2.14. The van der Waals surface area contributed by atoms with Gasteiger partial charge in [0, 0.05) is 17.9 Å². The maximum atomic E-state index is 12.5. The average molecular weight is 337 g/mol. The zero-order valence-electron chi connectivity index (χ0n) is 13.7. The Balaban J connectivity index is 2.25. The van der Waals surface area contributed by atoms with Gasteiger partial charge in [-0.2, -0.15) is 0 Å². The van der Waals surface area contributed by atoms with Crippen molar-refractivity contribution < 1.29 is 4.79 Å². The summed E-state index contributed by atoms with van der Waals surface area (Å²) in [6.45, 7) is 7.37. The first-order valence-electron chi connectivity index (χ1n) is 7.90. The lowest BCUT2D eigenvalue weighted by Crippen LogP contribution is -2.03. The maximum absolute atomic E-state index is 12.5. The Bertz CT molecular complexity index is 745. The highest BCUT2D eigenvalue weighted by molar-refractivity contribution is 6.31. The summed E-state index contributed by atoms with van der Waals surface area (Å²) in [5.74, 6) is 0.122. The summed E-state index contributed by atoms with van der Waals surface area (Å²) in [6.07, 6.45) is 13.0. The number of benzene rings is 1. The van der Waals surface area contributed by atoms with E-state index in [1.54, 1.807) is 12.2 Å². The number of halogens is 1. The molecule has 0 unspecified atom stereocenters. The summed E-state index contributed by atoms with van der Waals surface area (Å²) in [4.78, 5) is 12.5. The van der Waals surface area contributed by atoms with Gasteiger partial charge >= 0.3 is 0 Å². The number of hydrogen-bond donors (Lipinski definition) is 0. The van der Waals surface area contributed by atoms with Crippen molar-refractivity contribution in [3.8, 4) is 0 Å². The van der Waals surface area contributed by atoms with E-state index in [9.17, 15) is 4.79 Å². The number of ketones is 1. The lowest BCUT2D eigenvalue weighted by molar-refractivity contribution is -0.117. The standard InChI is InChI=1S/C22H21ClO/c1-3-10-19(17(2)23)15-21(24)16-20-13-8-5-9-14-22(20)18-11-6-4-7-12-18/h3-12,14H,1-2,13,15-16H2/b19-10-. The van der Waals surface area contributed by atoms with Crippen molar-refractivity contribution in [2.75, 3.05) is 0 Å². The minimum Gasteiger partial charge on any atom is -0.299 e. The van der Waals surface area contributed by atoms with Crippen molar-refractivity contribution in [1.82, 2.24) is 0 Å². The number of carbonyl (C=O) groups excluding carboxylic acids is 1. The molecule has 1 aromatic rings. The van der Waals surface area contributed by atoms with Gasteiger partial charge in [0.05, 0.1) is 0 Å². The van der Waals surface area contributed by atoms with Crippen LogP contribution in [0.3, 0.4) is 0 Å². The van der Waals surface area contributed by atoms with Gasteiger partial charge in [0.1, 0.15) is 5.78 Å². The van der Waals surface area contributed by atoms with Gasteiger partial charge in [-0.1, -0.05) is 97.1 Å². The van der Waals surface area contributed by atoms with Gasteiger partial charge in [-0.3, -0.25) is 4.79 Å². The Labute approximate surface area is 149 Å². The Morgan fingerprint density at radius 3 is 2.62 bits per heavy atom. The van der Waals surface area contributed by atoms with E-state index in [4.69, 9.17) is 11.6 Å². The minimum absolute atomic E-state index is 0.122. The van der Waals surface area contributed by atoms with Crippen LogP contribution in [0, 0.1) is 0 Å². The van der Waals surface area contributed by atoms with Gasteiger partial charge in [-0.25, -0.2) is 0 Å². The summed E-state index contributed by atoms with van der Waals surface area (Å²) in [7, 11) is 0. The predicted molar refractivity (Wildman–Crippen MR) is 104 cm³/mol. The van der Waals surface area contributed by atoms with Crippen LogP contribution in [-0.2, 0) is 4.79 Å². The molecule has 0 fully saturated rings. The van der Waals surface area contributed by atoms with Crippen LogP contribution in [0.1, 0.15) is 24.8 Å². The van der Waals surface area contributed by atoms with Crippen LogP contribution in [0.25, 0.3) is 5.57 Å². The summed E-state index contributed by atoms with van der Waals surface area (Å²) in [6, 6.07) is 10.1. The van der Waals surface area contributed by atoms with Crippen LogP contribution in [0.4, 0.5) is 0 Å². The molecule has 0 bridgehead atoms. The Hall–Kier alpha value is -2.38. The molecule has 0 saturated heterocycles. The van der Waals surface area contributed by atoms with E-state index in [2.05, 4.69) is 37.4 Å². The molecule has 0 radical (unpaired) electrons. The van der Waals surface area contributed by atoms with E-state index in [-0.39, 0.29) is 12.2 Å². The van der Waals surface area contributed by atoms with E-state index < -0.39 is 0 Å². The van der Waals surface area contributed by atoms with Crippen molar-refractivity contribution in [3.05, 3.63) is 102 Å². The third-order valence-corrected chi connectivity index (χ3v) is 4.05. The van der Waals surface area contributed by atoms with E-state index in [0.717, 1.165) is 28.7 Å². The quantitative estimate of drug-likeness (QED) is 0.544. The number of allylic oxidation sites excluding steroid dienone is 10. The zero-order valence-corrected chi connectivity index (χ0v) is 14.4. The number of rotatable bonds is 7. The molecule has 2 rings (SSSR count). The molecule has 1 aliphatic carbocycles. The van der Waals surface area contributed by atoms with Gasteiger partial charge < -0.3 is 0 Å². The summed E-state index contributed by atoms with van der Waals surface area (Å²) in [5, 5.41) is 0.390. The molecular formula is C22H21ClO. The van der Waals surface area contributed by atoms with Gasteiger partial charge in [0.2, 0.25) is 0 Å². The molecule has 0 aliphatic heterocycles.